The van der Waals surface area contributed by atoms with E-state index in [4.69, 9.17) is 4.52 Å². The second-order valence-corrected chi connectivity index (χ2v) is 8.92. The molecule has 32 heavy (non-hydrogen) atoms. The molecule has 1 amide bonds. The fourth-order valence-corrected chi connectivity index (χ4v) is 4.61. The Labute approximate surface area is 188 Å². The second-order valence-electron chi connectivity index (χ2n) is 8.92. The van der Waals surface area contributed by atoms with Crippen molar-refractivity contribution < 1.29 is 9.32 Å². The van der Waals surface area contributed by atoms with Crippen molar-refractivity contribution in [1.82, 2.24) is 20.0 Å². The van der Waals surface area contributed by atoms with Crippen LogP contribution in [0.25, 0.3) is 11.4 Å². The van der Waals surface area contributed by atoms with Crippen LogP contribution < -0.4 is 4.90 Å². The lowest BCUT2D eigenvalue weighted by Gasteiger charge is -2.35. The maximum atomic E-state index is 13.2. The van der Waals surface area contributed by atoms with Crippen LogP contribution in [-0.4, -0.2) is 46.1 Å². The summed E-state index contributed by atoms with van der Waals surface area (Å²) in [5.41, 5.74) is 2.01. The number of anilines is 1. The van der Waals surface area contributed by atoms with Gasteiger partial charge in [0.15, 0.2) is 0 Å². The van der Waals surface area contributed by atoms with Crippen LogP contribution in [0.15, 0.2) is 53.2 Å². The molecule has 0 bridgehead atoms. The molecule has 1 saturated heterocycles. The highest BCUT2D eigenvalue weighted by atomic mass is 16.5. The highest BCUT2D eigenvalue weighted by Crippen LogP contribution is 2.37. The van der Waals surface area contributed by atoms with Crippen LogP contribution in [0.3, 0.4) is 0 Å². The van der Waals surface area contributed by atoms with E-state index in [2.05, 4.69) is 32.2 Å². The molecule has 1 atom stereocenters. The molecule has 1 aromatic carbocycles. The number of piperidine rings is 1. The molecule has 0 unspecified atom stereocenters. The fraction of sp³-hybridized carbons (Fsp3) is 0.440. The van der Waals surface area contributed by atoms with Gasteiger partial charge in [0.05, 0.1) is 11.5 Å². The SMILES string of the molecule is CN(Cc1ccccc1)C(=O)[C@H]1CCCN(c2ncccc2-c2noc(C3CCC3)n2)C1. The summed E-state index contributed by atoms with van der Waals surface area (Å²) in [7, 11) is 1.89. The maximum Gasteiger partial charge on any atom is 0.230 e. The van der Waals surface area contributed by atoms with Crippen molar-refractivity contribution in [2.75, 3.05) is 25.0 Å². The zero-order valence-corrected chi connectivity index (χ0v) is 18.5. The van der Waals surface area contributed by atoms with Gasteiger partial charge in [-0.2, -0.15) is 4.98 Å². The first-order valence-corrected chi connectivity index (χ1v) is 11.5. The zero-order valence-electron chi connectivity index (χ0n) is 18.5. The molecule has 1 saturated carbocycles. The minimum absolute atomic E-state index is 0.0527. The monoisotopic (exact) mass is 431 g/mol. The minimum Gasteiger partial charge on any atom is -0.355 e. The topological polar surface area (TPSA) is 75.4 Å². The van der Waals surface area contributed by atoms with Crippen molar-refractivity contribution in [3.05, 3.63) is 60.1 Å². The number of hydrogen-bond acceptors (Lipinski definition) is 6. The van der Waals surface area contributed by atoms with E-state index in [1.54, 1.807) is 6.20 Å². The van der Waals surface area contributed by atoms with Crippen LogP contribution in [0.2, 0.25) is 0 Å². The number of hydrogen-bond donors (Lipinski definition) is 0. The Bertz CT molecular complexity index is 1060. The third kappa shape index (κ3) is 4.24. The summed E-state index contributed by atoms with van der Waals surface area (Å²) in [6.45, 7) is 2.14. The van der Waals surface area contributed by atoms with Crippen LogP contribution >= 0.6 is 0 Å². The predicted molar refractivity (Wildman–Crippen MR) is 122 cm³/mol. The van der Waals surface area contributed by atoms with Crippen LogP contribution in [0.4, 0.5) is 5.82 Å². The summed E-state index contributed by atoms with van der Waals surface area (Å²) in [5, 5.41) is 4.25. The molecule has 2 aliphatic rings. The third-order valence-corrected chi connectivity index (χ3v) is 6.63. The molecule has 0 spiro atoms. The number of rotatable bonds is 6. The number of nitrogens with zero attached hydrogens (tertiary/aromatic N) is 5. The number of amides is 1. The van der Waals surface area contributed by atoms with E-state index in [0.717, 1.165) is 55.1 Å². The van der Waals surface area contributed by atoms with E-state index < -0.39 is 0 Å². The van der Waals surface area contributed by atoms with Crippen LogP contribution in [0.5, 0.6) is 0 Å². The van der Waals surface area contributed by atoms with E-state index in [-0.39, 0.29) is 11.8 Å². The van der Waals surface area contributed by atoms with Gasteiger partial charge >= 0.3 is 0 Å². The van der Waals surface area contributed by atoms with E-state index in [1.165, 1.54) is 6.42 Å². The largest absolute Gasteiger partial charge is 0.355 e. The number of carbonyl (C=O) groups is 1. The number of pyridine rings is 1. The van der Waals surface area contributed by atoms with Crippen LogP contribution in [-0.2, 0) is 11.3 Å². The van der Waals surface area contributed by atoms with Crippen molar-refractivity contribution >= 4 is 11.7 Å². The average Bonchev–Trinajstić information content (AvgIpc) is 3.27. The number of aromatic nitrogens is 3. The van der Waals surface area contributed by atoms with Gasteiger partial charge in [0.25, 0.3) is 0 Å². The van der Waals surface area contributed by atoms with Gasteiger partial charge in [-0.3, -0.25) is 4.79 Å². The lowest BCUT2D eigenvalue weighted by Crippen LogP contribution is -2.44. The Morgan fingerprint density at radius 1 is 1.12 bits per heavy atom. The van der Waals surface area contributed by atoms with Gasteiger partial charge in [-0.1, -0.05) is 41.9 Å². The Morgan fingerprint density at radius 3 is 2.75 bits per heavy atom. The van der Waals surface area contributed by atoms with Crippen molar-refractivity contribution in [3.8, 4) is 11.4 Å². The highest BCUT2D eigenvalue weighted by molar-refractivity contribution is 5.80. The van der Waals surface area contributed by atoms with Gasteiger partial charge in [-0.05, 0) is 43.4 Å². The molecule has 7 heteroatoms. The van der Waals surface area contributed by atoms with Crippen molar-refractivity contribution in [2.45, 2.75) is 44.6 Å². The van der Waals surface area contributed by atoms with Gasteiger partial charge in [0.1, 0.15) is 5.82 Å². The lowest BCUT2D eigenvalue weighted by molar-refractivity contribution is -0.135. The Hall–Kier alpha value is -3.22. The molecule has 7 nitrogen and oxygen atoms in total. The molecule has 0 radical (unpaired) electrons. The molecule has 2 fully saturated rings. The number of carbonyl (C=O) groups excluding carboxylic acids is 1. The smallest absolute Gasteiger partial charge is 0.230 e. The van der Waals surface area contributed by atoms with Gasteiger partial charge < -0.3 is 14.3 Å². The third-order valence-electron chi connectivity index (χ3n) is 6.63. The molecule has 0 N–H and O–H groups in total. The van der Waals surface area contributed by atoms with Crippen LogP contribution in [0, 0.1) is 5.92 Å². The van der Waals surface area contributed by atoms with Gasteiger partial charge in [0.2, 0.25) is 17.6 Å². The summed E-state index contributed by atoms with van der Waals surface area (Å²) in [6.07, 6.45) is 7.10. The first-order chi connectivity index (χ1) is 15.7. The molecular formula is C25H29N5O2. The molecular weight excluding hydrogens is 402 g/mol. The minimum atomic E-state index is -0.0527. The van der Waals surface area contributed by atoms with Gasteiger partial charge in [0, 0.05) is 38.8 Å². The van der Waals surface area contributed by atoms with Gasteiger partial charge in [-0.25, -0.2) is 4.98 Å². The molecule has 5 rings (SSSR count). The summed E-state index contributed by atoms with van der Waals surface area (Å²) in [6, 6.07) is 14.0. The molecule has 3 aromatic rings. The van der Waals surface area contributed by atoms with Gasteiger partial charge in [-0.15, -0.1) is 0 Å². The van der Waals surface area contributed by atoms with Crippen molar-refractivity contribution in [2.24, 2.45) is 5.92 Å². The summed E-state index contributed by atoms with van der Waals surface area (Å²) < 4.78 is 5.54. The first kappa shape index (κ1) is 20.7. The first-order valence-electron chi connectivity index (χ1n) is 11.5. The van der Waals surface area contributed by atoms with E-state index >= 15 is 0 Å². The van der Waals surface area contributed by atoms with E-state index in [0.29, 0.717) is 24.8 Å². The average molecular weight is 432 g/mol. The normalized spacial score (nSPS) is 18.9. The number of benzene rings is 1. The molecule has 1 aliphatic carbocycles. The van der Waals surface area contributed by atoms with Crippen molar-refractivity contribution in [3.63, 3.8) is 0 Å². The van der Waals surface area contributed by atoms with Crippen molar-refractivity contribution in [1.29, 1.82) is 0 Å². The summed E-state index contributed by atoms with van der Waals surface area (Å²) in [5.74, 6) is 2.68. The fourth-order valence-electron chi connectivity index (χ4n) is 4.61. The maximum absolute atomic E-state index is 13.2. The van der Waals surface area contributed by atoms with Crippen LogP contribution in [0.1, 0.15) is 49.5 Å². The molecule has 2 aromatic heterocycles. The van der Waals surface area contributed by atoms with E-state index in [1.807, 2.05) is 42.3 Å². The molecule has 166 valence electrons. The molecule has 3 heterocycles. The predicted octanol–water partition coefficient (Wildman–Crippen LogP) is 4.27. The Morgan fingerprint density at radius 2 is 1.97 bits per heavy atom. The Kier molecular flexibility index (Phi) is 5.88. The Balaban J connectivity index is 1.31. The quantitative estimate of drug-likeness (QED) is 0.580. The lowest BCUT2D eigenvalue weighted by atomic mass is 9.85. The second kappa shape index (κ2) is 9.10. The molecule has 1 aliphatic heterocycles. The standard InChI is InChI=1S/C25H29N5O2/c1-29(16-18-8-3-2-4-9-18)25(31)20-12-7-15-30(17-20)23-21(13-6-14-26-23)22-27-24(32-28-22)19-10-5-11-19/h2-4,6,8-9,13-14,19-20H,5,7,10-12,15-17H2,1H3/t20-/m0/s1. The zero-order chi connectivity index (χ0) is 21.9. The summed E-state index contributed by atoms with van der Waals surface area (Å²) in [4.78, 5) is 26.6. The highest BCUT2D eigenvalue weighted by Gasteiger charge is 2.31. The van der Waals surface area contributed by atoms with E-state index in [9.17, 15) is 4.79 Å². The summed E-state index contributed by atoms with van der Waals surface area (Å²) >= 11 is 0.